The van der Waals surface area contributed by atoms with E-state index in [1.807, 2.05) is 6.92 Å². The van der Waals surface area contributed by atoms with Crippen molar-refractivity contribution in [2.75, 3.05) is 0 Å². The lowest BCUT2D eigenvalue weighted by Crippen LogP contribution is -2.49. The number of imide groups is 1. The summed E-state index contributed by atoms with van der Waals surface area (Å²) >= 11 is 0. The fourth-order valence-corrected chi connectivity index (χ4v) is 4.49. The summed E-state index contributed by atoms with van der Waals surface area (Å²) in [6.45, 7) is 1.83. The molecule has 0 aromatic heterocycles. The zero-order chi connectivity index (χ0) is 17.4. The van der Waals surface area contributed by atoms with E-state index >= 15 is 0 Å². The van der Waals surface area contributed by atoms with Crippen LogP contribution in [0.4, 0.5) is 0 Å². The van der Waals surface area contributed by atoms with Crippen molar-refractivity contribution in [2.24, 2.45) is 5.41 Å². The number of rotatable bonds is 3. The number of nitrogens with zero attached hydrogens (tertiary/aromatic N) is 1. The Kier molecular flexibility index (Phi) is 4.48. The number of hydroxylamine groups is 2. The fraction of sp³-hybridized carbons (Fsp3) is 0.529. The van der Waals surface area contributed by atoms with Gasteiger partial charge in [0.15, 0.2) is 0 Å². The predicted molar refractivity (Wildman–Crippen MR) is 86.1 cm³/mol. The second-order valence-corrected chi connectivity index (χ2v) is 8.37. The lowest BCUT2D eigenvalue weighted by Gasteiger charge is -2.41. The van der Waals surface area contributed by atoms with Crippen LogP contribution in [0, 0.1) is 12.3 Å². The highest BCUT2D eigenvalue weighted by Crippen LogP contribution is 2.45. The topological polar surface area (TPSA) is 80.8 Å². The molecule has 0 radical (unpaired) electrons. The van der Waals surface area contributed by atoms with Crippen molar-refractivity contribution in [3.8, 4) is 0 Å². The Morgan fingerprint density at radius 1 is 0.958 bits per heavy atom. The zero-order valence-electron chi connectivity index (χ0n) is 13.7. The van der Waals surface area contributed by atoms with Gasteiger partial charge in [0, 0.05) is 12.8 Å². The van der Waals surface area contributed by atoms with Gasteiger partial charge >= 0.3 is 10.1 Å². The molecule has 1 heterocycles. The summed E-state index contributed by atoms with van der Waals surface area (Å²) in [5.41, 5.74) is 0.596. The van der Waals surface area contributed by atoms with Gasteiger partial charge in [0.05, 0.1) is 4.90 Å². The Labute approximate surface area is 141 Å². The van der Waals surface area contributed by atoms with Crippen LogP contribution in [-0.2, 0) is 24.0 Å². The van der Waals surface area contributed by atoms with Crippen LogP contribution in [0.3, 0.4) is 0 Å². The summed E-state index contributed by atoms with van der Waals surface area (Å²) in [7, 11) is -4.20. The Bertz CT molecular complexity index is 728. The number of carbonyl (C=O) groups is 2. The molecule has 1 saturated heterocycles. The quantitative estimate of drug-likeness (QED) is 0.782. The van der Waals surface area contributed by atoms with Crippen LogP contribution in [0.25, 0.3) is 0 Å². The summed E-state index contributed by atoms with van der Waals surface area (Å²) < 4.78 is 29.5. The minimum atomic E-state index is -4.20. The molecule has 0 N–H and O–H groups in total. The maximum absolute atomic E-state index is 12.4. The predicted octanol–water partition coefficient (Wildman–Crippen LogP) is 2.71. The van der Waals surface area contributed by atoms with Crippen LogP contribution >= 0.6 is 0 Å². The molecule has 0 unspecified atom stereocenters. The molecule has 3 rings (SSSR count). The molecule has 7 heteroatoms. The van der Waals surface area contributed by atoms with E-state index in [9.17, 15) is 18.0 Å². The van der Waals surface area contributed by atoms with Crippen molar-refractivity contribution in [1.82, 2.24) is 5.06 Å². The van der Waals surface area contributed by atoms with Gasteiger partial charge in [0.2, 0.25) is 0 Å². The van der Waals surface area contributed by atoms with E-state index in [2.05, 4.69) is 0 Å². The van der Waals surface area contributed by atoms with Crippen LogP contribution in [0.2, 0.25) is 0 Å². The van der Waals surface area contributed by atoms with Crippen LogP contribution in [0.1, 0.15) is 50.5 Å². The second-order valence-electron chi connectivity index (χ2n) is 6.84. The molecule has 2 amide bonds. The van der Waals surface area contributed by atoms with E-state index in [1.165, 1.54) is 12.1 Å². The highest BCUT2D eigenvalue weighted by atomic mass is 32.2. The first-order chi connectivity index (χ1) is 11.3. The standard InChI is InChI=1S/C17H21NO5S/c1-13-5-7-14(8-6-13)24(21,22)23-18-15(19)11-17(12-16(18)20)9-3-2-4-10-17/h5-8H,2-4,9-12H2,1H3. The third-order valence-electron chi connectivity index (χ3n) is 4.90. The fourth-order valence-electron chi connectivity index (χ4n) is 3.57. The Balaban J connectivity index is 1.77. The molecular weight excluding hydrogens is 330 g/mol. The Morgan fingerprint density at radius 3 is 2.04 bits per heavy atom. The minimum absolute atomic E-state index is 0.0772. The van der Waals surface area contributed by atoms with E-state index in [-0.39, 0.29) is 23.2 Å². The summed E-state index contributed by atoms with van der Waals surface area (Å²) in [5.74, 6) is -1.13. The third kappa shape index (κ3) is 3.37. The monoisotopic (exact) mass is 351 g/mol. The second kappa shape index (κ2) is 6.29. The zero-order valence-corrected chi connectivity index (χ0v) is 14.5. The lowest BCUT2D eigenvalue weighted by molar-refractivity contribution is -0.182. The van der Waals surface area contributed by atoms with Crippen molar-refractivity contribution < 1.29 is 22.3 Å². The van der Waals surface area contributed by atoms with Gasteiger partial charge in [0.1, 0.15) is 0 Å². The molecule has 1 aliphatic heterocycles. The number of piperidine rings is 1. The molecular formula is C17H21NO5S. The number of aryl methyl sites for hydroxylation is 1. The van der Waals surface area contributed by atoms with Gasteiger partial charge in [-0.3, -0.25) is 9.59 Å². The van der Waals surface area contributed by atoms with Crippen molar-refractivity contribution >= 4 is 21.9 Å². The first kappa shape index (κ1) is 17.1. The molecule has 1 aromatic rings. The van der Waals surface area contributed by atoms with E-state index in [1.54, 1.807) is 12.1 Å². The number of benzene rings is 1. The number of hydrogen-bond donors (Lipinski definition) is 0. The van der Waals surface area contributed by atoms with Crippen LogP contribution in [0.15, 0.2) is 29.2 Å². The first-order valence-corrected chi connectivity index (χ1v) is 9.59. The van der Waals surface area contributed by atoms with Gasteiger partial charge in [-0.05, 0) is 37.3 Å². The van der Waals surface area contributed by atoms with Gasteiger partial charge in [-0.25, -0.2) is 0 Å². The number of carbonyl (C=O) groups excluding carboxylic acids is 2. The molecule has 24 heavy (non-hydrogen) atoms. The van der Waals surface area contributed by atoms with Crippen LogP contribution < -0.4 is 0 Å². The molecule has 0 bridgehead atoms. The molecule has 2 aliphatic rings. The molecule has 130 valence electrons. The Morgan fingerprint density at radius 2 is 1.50 bits per heavy atom. The molecule has 6 nitrogen and oxygen atoms in total. The van der Waals surface area contributed by atoms with E-state index in [0.29, 0.717) is 5.06 Å². The maximum atomic E-state index is 12.4. The minimum Gasteiger partial charge on any atom is -0.272 e. The highest BCUT2D eigenvalue weighted by Gasteiger charge is 2.46. The largest absolute Gasteiger partial charge is 0.318 e. The van der Waals surface area contributed by atoms with E-state index in [0.717, 1.165) is 37.7 Å². The average Bonchev–Trinajstić information content (AvgIpc) is 2.52. The molecule has 2 fully saturated rings. The highest BCUT2D eigenvalue weighted by molar-refractivity contribution is 7.86. The molecule has 1 aromatic carbocycles. The Hall–Kier alpha value is -1.73. The molecule has 1 spiro atoms. The van der Waals surface area contributed by atoms with Crippen LogP contribution in [-0.4, -0.2) is 25.3 Å². The molecule has 1 aliphatic carbocycles. The summed E-state index contributed by atoms with van der Waals surface area (Å²) in [4.78, 5) is 24.6. The summed E-state index contributed by atoms with van der Waals surface area (Å²) in [6, 6.07) is 6.05. The van der Waals surface area contributed by atoms with Crippen molar-refractivity contribution in [1.29, 1.82) is 0 Å². The van der Waals surface area contributed by atoms with E-state index < -0.39 is 21.9 Å². The van der Waals surface area contributed by atoms with Crippen molar-refractivity contribution in [2.45, 2.75) is 56.8 Å². The number of hydrogen-bond acceptors (Lipinski definition) is 5. The summed E-state index contributed by atoms with van der Waals surface area (Å²) in [6.07, 6.45) is 5.13. The number of amides is 2. The van der Waals surface area contributed by atoms with Gasteiger partial charge in [-0.15, -0.1) is 9.35 Å². The third-order valence-corrected chi connectivity index (χ3v) is 6.10. The van der Waals surface area contributed by atoms with Crippen LogP contribution in [0.5, 0.6) is 0 Å². The molecule has 1 saturated carbocycles. The lowest BCUT2D eigenvalue weighted by atomic mass is 9.68. The van der Waals surface area contributed by atoms with Crippen molar-refractivity contribution in [3.05, 3.63) is 29.8 Å². The van der Waals surface area contributed by atoms with Gasteiger partial charge in [-0.2, -0.15) is 8.42 Å². The van der Waals surface area contributed by atoms with E-state index in [4.69, 9.17) is 4.28 Å². The van der Waals surface area contributed by atoms with Gasteiger partial charge in [-0.1, -0.05) is 37.0 Å². The maximum Gasteiger partial charge on any atom is 0.318 e. The summed E-state index contributed by atoms with van der Waals surface area (Å²) in [5, 5.41) is 0.440. The molecule has 0 atom stereocenters. The van der Waals surface area contributed by atoms with Gasteiger partial charge < -0.3 is 0 Å². The van der Waals surface area contributed by atoms with Gasteiger partial charge in [0.25, 0.3) is 11.8 Å². The smallest absolute Gasteiger partial charge is 0.272 e. The average molecular weight is 351 g/mol. The first-order valence-electron chi connectivity index (χ1n) is 8.18. The van der Waals surface area contributed by atoms with Crippen molar-refractivity contribution in [3.63, 3.8) is 0 Å². The normalized spacial score (nSPS) is 21.3. The SMILES string of the molecule is Cc1ccc(S(=O)(=O)ON2C(=O)CC3(CCCCC3)CC2=O)cc1.